The van der Waals surface area contributed by atoms with Crippen LogP contribution in [0.25, 0.3) is 11.1 Å². The fourth-order valence-electron chi connectivity index (χ4n) is 3.35. The van der Waals surface area contributed by atoms with Gasteiger partial charge in [-0.25, -0.2) is 9.59 Å². The Morgan fingerprint density at radius 3 is 2.61 bits per heavy atom. The Hall–Kier alpha value is -2.77. The molecule has 0 radical (unpaired) electrons. The highest BCUT2D eigenvalue weighted by molar-refractivity contribution is 6.00. The normalized spacial score (nSPS) is 18.0. The van der Waals surface area contributed by atoms with Crippen LogP contribution in [-0.4, -0.2) is 58.3 Å². The molecule has 0 bridgehead atoms. The first-order chi connectivity index (χ1) is 13.1. The second kappa shape index (κ2) is 7.33. The number of rotatable bonds is 3. The van der Waals surface area contributed by atoms with Crippen molar-refractivity contribution in [1.82, 2.24) is 9.88 Å². The van der Waals surface area contributed by atoms with Gasteiger partial charge in [0, 0.05) is 19.6 Å². The molecule has 3 rings (SSSR count). The van der Waals surface area contributed by atoms with Crippen LogP contribution in [0.5, 0.6) is 0 Å². The monoisotopic (exact) mass is 389 g/mol. The Morgan fingerprint density at radius 2 is 2.00 bits per heavy atom. The van der Waals surface area contributed by atoms with E-state index < -0.39 is 11.6 Å². The zero-order chi connectivity index (χ0) is 20.6. The molecule has 1 aromatic carbocycles. The van der Waals surface area contributed by atoms with Crippen LogP contribution in [0.15, 0.2) is 22.6 Å². The predicted octanol–water partition coefficient (Wildman–Crippen LogP) is 3.61. The Morgan fingerprint density at radius 1 is 1.29 bits per heavy atom. The minimum atomic E-state index is -1.04. The lowest BCUT2D eigenvalue weighted by Gasteiger charge is -2.42. The summed E-state index contributed by atoms with van der Waals surface area (Å²) in [5, 5.41) is 9.35. The Bertz CT molecular complexity index is 884. The topological polar surface area (TPSA) is 96.1 Å². The molecule has 1 N–H and O–H groups in total. The largest absolute Gasteiger partial charge is 0.478 e. The quantitative estimate of drug-likeness (QED) is 0.856. The molecule has 28 heavy (non-hydrogen) atoms. The Kier molecular flexibility index (Phi) is 5.23. The molecule has 2 aromatic rings. The summed E-state index contributed by atoms with van der Waals surface area (Å²) in [4.78, 5) is 32.2. The highest BCUT2D eigenvalue weighted by atomic mass is 16.6. The van der Waals surface area contributed by atoms with E-state index in [0.29, 0.717) is 36.7 Å². The smallest absolute Gasteiger partial charge is 0.410 e. The van der Waals surface area contributed by atoms with Crippen molar-refractivity contribution in [2.24, 2.45) is 5.92 Å². The van der Waals surface area contributed by atoms with Crippen molar-refractivity contribution < 1.29 is 23.8 Å². The number of para-hydroxylation sites is 1. The SMILES string of the molecule is CC(C)C1CN(c2nc3c(C(=O)O)cccc3o2)CCN1C(=O)OC(C)(C)C. The third kappa shape index (κ3) is 4.05. The van der Waals surface area contributed by atoms with Crippen LogP contribution in [0.3, 0.4) is 0 Å². The maximum absolute atomic E-state index is 12.6. The molecular formula is C20H27N3O5. The van der Waals surface area contributed by atoms with Crippen molar-refractivity contribution in [3.8, 4) is 0 Å². The predicted molar refractivity (Wildman–Crippen MR) is 105 cm³/mol. The number of hydrogen-bond donors (Lipinski definition) is 1. The number of oxazole rings is 1. The Balaban J connectivity index is 1.84. The number of carbonyl (C=O) groups is 2. The number of fused-ring (bicyclic) bond motifs is 1. The molecule has 1 amide bonds. The fourth-order valence-corrected chi connectivity index (χ4v) is 3.35. The Labute approximate surface area is 164 Å². The molecule has 1 unspecified atom stereocenters. The van der Waals surface area contributed by atoms with Crippen molar-refractivity contribution in [3.05, 3.63) is 23.8 Å². The van der Waals surface area contributed by atoms with Crippen LogP contribution in [0.1, 0.15) is 45.0 Å². The van der Waals surface area contributed by atoms with Gasteiger partial charge in [0.2, 0.25) is 0 Å². The van der Waals surface area contributed by atoms with E-state index in [1.165, 1.54) is 6.07 Å². The summed E-state index contributed by atoms with van der Waals surface area (Å²) in [6.07, 6.45) is -0.323. The van der Waals surface area contributed by atoms with Gasteiger partial charge in [-0.3, -0.25) is 0 Å². The van der Waals surface area contributed by atoms with Crippen molar-refractivity contribution in [3.63, 3.8) is 0 Å². The first-order valence-electron chi connectivity index (χ1n) is 9.44. The zero-order valence-corrected chi connectivity index (χ0v) is 16.9. The minimum Gasteiger partial charge on any atom is -0.478 e. The summed E-state index contributed by atoms with van der Waals surface area (Å²) >= 11 is 0. The van der Waals surface area contributed by atoms with Crippen LogP contribution in [-0.2, 0) is 4.74 Å². The van der Waals surface area contributed by atoms with E-state index in [0.717, 1.165) is 0 Å². The van der Waals surface area contributed by atoms with Gasteiger partial charge in [-0.2, -0.15) is 4.98 Å². The van der Waals surface area contributed by atoms with E-state index in [-0.39, 0.29) is 23.6 Å². The van der Waals surface area contributed by atoms with Crippen molar-refractivity contribution in [2.45, 2.75) is 46.3 Å². The standard InChI is InChI=1S/C20H27N3O5/c1-12(2)14-11-22(9-10-23(14)19(26)28-20(3,4)5)18-21-16-13(17(24)25)7-6-8-15(16)27-18/h6-8,12,14H,9-11H2,1-5H3,(H,24,25). The van der Waals surface area contributed by atoms with Crippen LogP contribution >= 0.6 is 0 Å². The second-order valence-electron chi connectivity index (χ2n) is 8.39. The molecule has 8 nitrogen and oxygen atoms in total. The third-order valence-electron chi connectivity index (χ3n) is 4.72. The number of anilines is 1. The first kappa shape index (κ1) is 20.0. The lowest BCUT2D eigenvalue weighted by Crippen LogP contribution is -2.58. The van der Waals surface area contributed by atoms with Gasteiger partial charge in [0.25, 0.3) is 6.01 Å². The number of hydrogen-bond acceptors (Lipinski definition) is 6. The summed E-state index contributed by atoms with van der Waals surface area (Å²) in [6.45, 7) is 11.2. The maximum atomic E-state index is 12.6. The lowest BCUT2D eigenvalue weighted by atomic mass is 10.00. The van der Waals surface area contributed by atoms with Gasteiger partial charge in [-0.1, -0.05) is 19.9 Å². The van der Waals surface area contributed by atoms with Crippen molar-refractivity contribution in [2.75, 3.05) is 24.5 Å². The van der Waals surface area contributed by atoms with Gasteiger partial charge in [0.1, 0.15) is 11.1 Å². The average molecular weight is 389 g/mol. The minimum absolute atomic E-state index is 0.0717. The van der Waals surface area contributed by atoms with Crippen molar-refractivity contribution in [1.29, 1.82) is 0 Å². The second-order valence-corrected chi connectivity index (χ2v) is 8.39. The number of aromatic nitrogens is 1. The summed E-state index contributed by atoms with van der Waals surface area (Å²) in [5.74, 6) is -0.838. The number of piperazine rings is 1. The molecule has 0 spiro atoms. The van der Waals surface area contributed by atoms with Crippen LogP contribution in [0.4, 0.5) is 10.8 Å². The summed E-state index contributed by atoms with van der Waals surface area (Å²) < 4.78 is 11.4. The molecule has 1 aliphatic rings. The summed E-state index contributed by atoms with van der Waals surface area (Å²) in [5.41, 5.74) is 0.329. The first-order valence-corrected chi connectivity index (χ1v) is 9.44. The molecule has 2 heterocycles. The molecule has 0 aliphatic carbocycles. The van der Waals surface area contributed by atoms with E-state index >= 15 is 0 Å². The van der Waals surface area contributed by atoms with Crippen LogP contribution in [0, 0.1) is 5.92 Å². The van der Waals surface area contributed by atoms with E-state index in [9.17, 15) is 14.7 Å². The average Bonchev–Trinajstić information content (AvgIpc) is 3.03. The number of carboxylic acids is 1. The van der Waals surface area contributed by atoms with E-state index in [2.05, 4.69) is 18.8 Å². The van der Waals surface area contributed by atoms with Crippen molar-refractivity contribution >= 4 is 29.2 Å². The number of nitrogens with zero attached hydrogens (tertiary/aromatic N) is 3. The van der Waals surface area contributed by atoms with E-state index in [4.69, 9.17) is 9.15 Å². The van der Waals surface area contributed by atoms with Gasteiger partial charge in [0.15, 0.2) is 5.58 Å². The van der Waals surface area contributed by atoms with Gasteiger partial charge in [-0.05, 0) is 38.8 Å². The molecule has 1 aromatic heterocycles. The maximum Gasteiger partial charge on any atom is 0.410 e. The van der Waals surface area contributed by atoms with Gasteiger partial charge < -0.3 is 24.1 Å². The molecule has 1 saturated heterocycles. The molecule has 8 heteroatoms. The number of ether oxygens (including phenoxy) is 1. The summed E-state index contributed by atoms with van der Waals surface area (Å²) in [7, 11) is 0. The lowest BCUT2D eigenvalue weighted by molar-refractivity contribution is 0.00851. The highest BCUT2D eigenvalue weighted by Gasteiger charge is 2.36. The van der Waals surface area contributed by atoms with Crippen LogP contribution < -0.4 is 4.90 Å². The zero-order valence-electron chi connectivity index (χ0n) is 16.9. The molecule has 1 fully saturated rings. The molecular weight excluding hydrogens is 362 g/mol. The van der Waals surface area contributed by atoms with Crippen LogP contribution in [0.2, 0.25) is 0 Å². The number of amides is 1. The molecule has 0 saturated carbocycles. The number of benzene rings is 1. The fraction of sp³-hybridized carbons (Fsp3) is 0.550. The number of carboxylic acid groups (broad SMARTS) is 1. The highest BCUT2D eigenvalue weighted by Crippen LogP contribution is 2.28. The number of carbonyl (C=O) groups excluding carboxylic acids is 1. The van der Waals surface area contributed by atoms with Gasteiger partial charge in [0.05, 0.1) is 11.6 Å². The molecule has 152 valence electrons. The summed E-state index contributed by atoms with van der Waals surface area (Å²) in [6, 6.07) is 5.15. The third-order valence-corrected chi connectivity index (χ3v) is 4.72. The van der Waals surface area contributed by atoms with Gasteiger partial charge in [-0.15, -0.1) is 0 Å². The van der Waals surface area contributed by atoms with E-state index in [1.54, 1.807) is 17.0 Å². The molecule has 1 aliphatic heterocycles. The number of aromatic carboxylic acids is 1. The van der Waals surface area contributed by atoms with E-state index in [1.807, 2.05) is 25.7 Å². The molecule has 1 atom stereocenters. The van der Waals surface area contributed by atoms with Gasteiger partial charge >= 0.3 is 12.1 Å².